The van der Waals surface area contributed by atoms with E-state index in [1.54, 1.807) is 0 Å². The number of carbonyl (C=O) groups excluding carboxylic acids is 2. The van der Waals surface area contributed by atoms with Crippen molar-refractivity contribution in [1.29, 1.82) is 0 Å². The first-order chi connectivity index (χ1) is 8.90. The molecule has 0 aromatic heterocycles. The van der Waals surface area contributed by atoms with Gasteiger partial charge in [-0.1, -0.05) is 19.6 Å². The summed E-state index contributed by atoms with van der Waals surface area (Å²) in [6, 6.07) is 0. The van der Waals surface area contributed by atoms with E-state index >= 15 is 0 Å². The third-order valence-electron chi connectivity index (χ3n) is 4.04. The number of hydrogen-bond acceptors (Lipinski definition) is 4. The molecule has 1 aliphatic heterocycles. The predicted molar refractivity (Wildman–Crippen MR) is 70.3 cm³/mol. The highest BCUT2D eigenvalue weighted by Gasteiger charge is 2.41. The summed E-state index contributed by atoms with van der Waals surface area (Å²) in [4.78, 5) is 22.6. The Labute approximate surface area is 113 Å². The van der Waals surface area contributed by atoms with E-state index < -0.39 is 6.10 Å². The molecule has 1 fully saturated rings. The zero-order valence-corrected chi connectivity index (χ0v) is 11.4. The standard InChI is InChI=1S/C15H20O4/c1-8-6-14-12(10(3)15(18)19-14)5-4-11(8)13(17)7-9(2)16/h4,8,12-14,17H,3,5-7H2,1-2H3. The molecule has 4 atom stereocenters. The number of aliphatic hydroxyl groups is 1. The van der Waals surface area contributed by atoms with Crippen LogP contribution in [0.5, 0.6) is 0 Å². The summed E-state index contributed by atoms with van der Waals surface area (Å²) in [7, 11) is 0. The number of ketones is 1. The molecule has 19 heavy (non-hydrogen) atoms. The van der Waals surface area contributed by atoms with E-state index in [2.05, 4.69) is 6.58 Å². The minimum Gasteiger partial charge on any atom is -0.458 e. The van der Waals surface area contributed by atoms with Crippen LogP contribution in [0.25, 0.3) is 0 Å². The Morgan fingerprint density at radius 1 is 1.63 bits per heavy atom. The van der Waals surface area contributed by atoms with Crippen LogP contribution in [0.15, 0.2) is 23.8 Å². The molecule has 104 valence electrons. The SMILES string of the molecule is C=C1C(=O)OC2CC(C)C(C(O)CC(C)=O)=CCC12. The third kappa shape index (κ3) is 2.78. The van der Waals surface area contributed by atoms with Crippen molar-refractivity contribution in [3.8, 4) is 0 Å². The first kappa shape index (κ1) is 14.0. The van der Waals surface area contributed by atoms with Crippen molar-refractivity contribution in [2.75, 3.05) is 0 Å². The van der Waals surface area contributed by atoms with Crippen LogP contribution in [0.2, 0.25) is 0 Å². The number of esters is 1. The molecular formula is C15H20O4. The van der Waals surface area contributed by atoms with Gasteiger partial charge in [-0.05, 0) is 31.3 Å². The van der Waals surface area contributed by atoms with Crippen LogP contribution in [0.3, 0.4) is 0 Å². The molecule has 0 radical (unpaired) electrons. The molecule has 0 aromatic rings. The molecule has 1 heterocycles. The smallest absolute Gasteiger partial charge is 0.334 e. The lowest BCUT2D eigenvalue weighted by atomic mass is 9.89. The second kappa shape index (κ2) is 5.29. The maximum Gasteiger partial charge on any atom is 0.334 e. The number of rotatable bonds is 3. The monoisotopic (exact) mass is 264 g/mol. The fraction of sp³-hybridized carbons (Fsp3) is 0.600. The number of carbonyl (C=O) groups is 2. The van der Waals surface area contributed by atoms with Crippen molar-refractivity contribution < 1.29 is 19.4 Å². The summed E-state index contributed by atoms with van der Waals surface area (Å²) in [5, 5.41) is 10.1. The molecule has 0 saturated carbocycles. The minimum absolute atomic E-state index is 0.0111. The van der Waals surface area contributed by atoms with E-state index in [9.17, 15) is 14.7 Å². The van der Waals surface area contributed by atoms with Gasteiger partial charge in [0.15, 0.2) is 0 Å². The molecule has 4 heteroatoms. The van der Waals surface area contributed by atoms with Gasteiger partial charge in [0.1, 0.15) is 11.9 Å². The fourth-order valence-corrected chi connectivity index (χ4v) is 2.98. The lowest BCUT2D eigenvalue weighted by Gasteiger charge is -2.21. The second-order valence-electron chi connectivity index (χ2n) is 5.57. The summed E-state index contributed by atoms with van der Waals surface area (Å²) < 4.78 is 5.32. The number of ether oxygens (including phenoxy) is 1. The van der Waals surface area contributed by atoms with Crippen LogP contribution >= 0.6 is 0 Å². The first-order valence-corrected chi connectivity index (χ1v) is 6.67. The minimum atomic E-state index is -0.727. The molecule has 1 N–H and O–H groups in total. The van der Waals surface area contributed by atoms with Gasteiger partial charge in [-0.15, -0.1) is 0 Å². The van der Waals surface area contributed by atoms with E-state index in [1.807, 2.05) is 13.0 Å². The molecule has 2 rings (SSSR count). The molecule has 4 nitrogen and oxygen atoms in total. The van der Waals surface area contributed by atoms with Gasteiger partial charge < -0.3 is 9.84 Å². The van der Waals surface area contributed by atoms with Crippen LogP contribution < -0.4 is 0 Å². The fourth-order valence-electron chi connectivity index (χ4n) is 2.98. The van der Waals surface area contributed by atoms with Gasteiger partial charge in [-0.25, -0.2) is 4.79 Å². The zero-order chi connectivity index (χ0) is 14.2. The van der Waals surface area contributed by atoms with E-state index in [0.29, 0.717) is 18.4 Å². The van der Waals surface area contributed by atoms with Gasteiger partial charge in [0.2, 0.25) is 0 Å². The van der Waals surface area contributed by atoms with Crippen LogP contribution in [0, 0.1) is 11.8 Å². The van der Waals surface area contributed by atoms with Gasteiger partial charge >= 0.3 is 5.97 Å². The van der Waals surface area contributed by atoms with Crippen molar-refractivity contribution >= 4 is 11.8 Å². The number of hydrogen-bond donors (Lipinski definition) is 1. The lowest BCUT2D eigenvalue weighted by Crippen LogP contribution is -2.22. The number of aliphatic hydroxyl groups excluding tert-OH is 1. The summed E-state index contributed by atoms with van der Waals surface area (Å²) in [6.45, 7) is 7.25. The Bertz CT molecular complexity index is 449. The van der Waals surface area contributed by atoms with Gasteiger partial charge in [0.05, 0.1) is 6.10 Å². The molecule has 2 aliphatic rings. The Morgan fingerprint density at radius 3 is 2.95 bits per heavy atom. The molecule has 4 unspecified atom stereocenters. The molecule has 0 spiro atoms. The largest absolute Gasteiger partial charge is 0.458 e. The van der Waals surface area contributed by atoms with Crippen LogP contribution in [0.1, 0.15) is 33.1 Å². The highest BCUT2D eigenvalue weighted by Crippen LogP contribution is 2.39. The molecular weight excluding hydrogens is 244 g/mol. The topological polar surface area (TPSA) is 63.6 Å². The molecule has 0 amide bonds. The van der Waals surface area contributed by atoms with Crippen molar-refractivity contribution in [2.45, 2.75) is 45.3 Å². The van der Waals surface area contributed by atoms with E-state index in [-0.39, 0.29) is 36.1 Å². The van der Waals surface area contributed by atoms with Gasteiger partial charge in [0, 0.05) is 17.9 Å². The van der Waals surface area contributed by atoms with Crippen molar-refractivity contribution in [3.05, 3.63) is 23.8 Å². The van der Waals surface area contributed by atoms with Crippen LogP contribution in [-0.2, 0) is 14.3 Å². The maximum absolute atomic E-state index is 11.5. The Kier molecular flexibility index (Phi) is 3.90. The van der Waals surface area contributed by atoms with Crippen LogP contribution in [-0.4, -0.2) is 29.1 Å². The molecule has 1 saturated heterocycles. The van der Waals surface area contributed by atoms with E-state index in [1.165, 1.54) is 6.92 Å². The van der Waals surface area contributed by atoms with Crippen molar-refractivity contribution in [1.82, 2.24) is 0 Å². The quantitative estimate of drug-likeness (QED) is 0.479. The van der Waals surface area contributed by atoms with E-state index in [0.717, 1.165) is 5.57 Å². The van der Waals surface area contributed by atoms with Gasteiger partial charge in [0.25, 0.3) is 0 Å². The third-order valence-corrected chi connectivity index (χ3v) is 4.04. The highest BCUT2D eigenvalue weighted by atomic mass is 16.6. The summed E-state index contributed by atoms with van der Waals surface area (Å²) >= 11 is 0. The van der Waals surface area contributed by atoms with E-state index in [4.69, 9.17) is 4.74 Å². The summed E-state index contributed by atoms with van der Waals surface area (Å²) in [6.07, 6.45) is 2.55. The average molecular weight is 264 g/mol. The van der Waals surface area contributed by atoms with Crippen molar-refractivity contribution in [2.24, 2.45) is 11.8 Å². The normalized spacial score (nSPS) is 32.2. The Balaban J connectivity index is 2.15. The lowest BCUT2D eigenvalue weighted by molar-refractivity contribution is -0.139. The van der Waals surface area contributed by atoms with Gasteiger partial charge in [-0.3, -0.25) is 4.79 Å². The second-order valence-corrected chi connectivity index (χ2v) is 5.57. The first-order valence-electron chi connectivity index (χ1n) is 6.67. The zero-order valence-electron chi connectivity index (χ0n) is 11.4. The number of Topliss-reactive ketones (excluding diaryl/α,β-unsaturated/α-hetero) is 1. The molecule has 1 aliphatic carbocycles. The Hall–Kier alpha value is -1.42. The van der Waals surface area contributed by atoms with Gasteiger partial charge in [-0.2, -0.15) is 0 Å². The van der Waals surface area contributed by atoms with Crippen molar-refractivity contribution in [3.63, 3.8) is 0 Å². The molecule has 0 aromatic carbocycles. The number of allylic oxidation sites excluding steroid dienone is 1. The summed E-state index contributed by atoms with van der Waals surface area (Å²) in [5.74, 6) is -0.218. The average Bonchev–Trinajstić information content (AvgIpc) is 2.47. The Morgan fingerprint density at radius 2 is 2.32 bits per heavy atom. The predicted octanol–water partition coefficient (Wildman–Crippen LogP) is 1.78. The highest BCUT2D eigenvalue weighted by molar-refractivity contribution is 5.90. The number of fused-ring (bicyclic) bond motifs is 1. The summed E-state index contributed by atoms with van der Waals surface area (Å²) in [5.41, 5.74) is 1.41. The molecule has 0 bridgehead atoms. The maximum atomic E-state index is 11.5. The van der Waals surface area contributed by atoms with Crippen LogP contribution in [0.4, 0.5) is 0 Å².